The van der Waals surface area contributed by atoms with Gasteiger partial charge in [0.05, 0.1) is 6.61 Å². The first-order chi connectivity index (χ1) is 11.2. The van der Waals surface area contributed by atoms with E-state index in [1.807, 2.05) is 4.57 Å². The van der Waals surface area contributed by atoms with Crippen LogP contribution in [-0.4, -0.2) is 34.2 Å². The van der Waals surface area contributed by atoms with Crippen LogP contribution in [0.15, 0.2) is 36.7 Å². The van der Waals surface area contributed by atoms with Crippen molar-refractivity contribution in [1.29, 1.82) is 0 Å². The van der Waals surface area contributed by atoms with E-state index in [4.69, 9.17) is 9.47 Å². The highest BCUT2D eigenvalue weighted by molar-refractivity contribution is 5.23. The average molecular weight is 320 g/mol. The first kappa shape index (κ1) is 16.1. The Morgan fingerprint density at radius 2 is 2.17 bits per heavy atom. The second-order valence-electron chi connectivity index (χ2n) is 5.60. The fourth-order valence-corrected chi connectivity index (χ4v) is 2.68. The van der Waals surface area contributed by atoms with Gasteiger partial charge >= 0.3 is 0 Å². The van der Waals surface area contributed by atoms with Crippen molar-refractivity contribution in [3.63, 3.8) is 0 Å². The molecule has 1 aromatic heterocycles. The van der Waals surface area contributed by atoms with Crippen LogP contribution in [0.3, 0.4) is 0 Å². The topological polar surface area (TPSA) is 56.5 Å². The second kappa shape index (κ2) is 7.68. The Kier molecular flexibility index (Phi) is 5.38. The molecule has 0 radical (unpaired) electrons. The highest BCUT2D eigenvalue weighted by Gasteiger charge is 2.17. The van der Waals surface area contributed by atoms with Crippen LogP contribution in [0.4, 0.5) is 4.39 Å². The van der Waals surface area contributed by atoms with Gasteiger partial charge in [-0.2, -0.15) is 0 Å². The van der Waals surface area contributed by atoms with Gasteiger partial charge in [-0.15, -0.1) is 0 Å². The van der Waals surface area contributed by atoms with Crippen molar-refractivity contribution in [2.24, 2.45) is 0 Å². The van der Waals surface area contributed by atoms with Crippen molar-refractivity contribution in [2.75, 3.05) is 13.2 Å². The van der Waals surface area contributed by atoms with Gasteiger partial charge in [0.1, 0.15) is 17.7 Å². The Labute approximate surface area is 134 Å². The first-order valence-corrected chi connectivity index (χ1v) is 7.92. The van der Waals surface area contributed by atoms with Gasteiger partial charge in [0, 0.05) is 25.5 Å². The first-order valence-electron chi connectivity index (χ1n) is 7.92. The van der Waals surface area contributed by atoms with Crippen LogP contribution in [0.25, 0.3) is 0 Å². The Hall–Kier alpha value is -1.76. The number of halogens is 1. The van der Waals surface area contributed by atoms with Crippen molar-refractivity contribution in [3.8, 4) is 0 Å². The highest BCUT2D eigenvalue weighted by atomic mass is 19.1. The Bertz CT molecular complexity index is 609. The third-order valence-electron chi connectivity index (χ3n) is 3.95. The Morgan fingerprint density at radius 3 is 2.91 bits per heavy atom. The molecule has 124 valence electrons. The fraction of sp³-hybridized carbons (Fsp3) is 0.471. The van der Waals surface area contributed by atoms with E-state index in [-0.39, 0.29) is 12.1 Å². The number of nitrogens with zero attached hydrogens (tertiary/aromatic N) is 2. The van der Waals surface area contributed by atoms with Crippen LogP contribution in [0, 0.1) is 5.82 Å². The molecule has 3 rings (SSSR count). The van der Waals surface area contributed by atoms with Crippen molar-refractivity contribution < 1.29 is 19.0 Å². The smallest absolute Gasteiger partial charge is 0.157 e. The van der Waals surface area contributed by atoms with Crippen molar-refractivity contribution in [3.05, 3.63) is 53.9 Å². The summed E-state index contributed by atoms with van der Waals surface area (Å²) in [6.07, 6.45) is 5.57. The maximum Gasteiger partial charge on any atom is 0.157 e. The van der Waals surface area contributed by atoms with Gasteiger partial charge in [-0.25, -0.2) is 9.37 Å². The number of aromatic nitrogens is 2. The summed E-state index contributed by atoms with van der Waals surface area (Å²) in [5.74, 6) is 0.190. The van der Waals surface area contributed by atoms with Gasteiger partial charge in [0.15, 0.2) is 6.29 Å². The minimum atomic E-state index is -0.892. The quantitative estimate of drug-likeness (QED) is 0.889. The SMILES string of the molecule is O[C@@H](c1ccc(F)cc1)c1nccn1CCO[C@H]1CCCCO1. The Morgan fingerprint density at radius 1 is 1.35 bits per heavy atom. The van der Waals surface area contributed by atoms with Gasteiger partial charge in [0.2, 0.25) is 0 Å². The molecule has 23 heavy (non-hydrogen) atoms. The number of rotatable bonds is 6. The summed E-state index contributed by atoms with van der Waals surface area (Å²) in [7, 11) is 0. The molecule has 1 saturated heterocycles. The van der Waals surface area contributed by atoms with Crippen LogP contribution >= 0.6 is 0 Å². The zero-order chi connectivity index (χ0) is 16.1. The van der Waals surface area contributed by atoms with Gasteiger partial charge in [-0.3, -0.25) is 0 Å². The lowest BCUT2D eigenvalue weighted by Crippen LogP contribution is -2.24. The molecule has 0 amide bonds. The van der Waals surface area contributed by atoms with E-state index in [2.05, 4.69) is 4.98 Å². The van der Waals surface area contributed by atoms with Crippen molar-refractivity contribution >= 4 is 0 Å². The molecule has 1 fully saturated rings. The van der Waals surface area contributed by atoms with Crippen LogP contribution in [-0.2, 0) is 16.0 Å². The molecular weight excluding hydrogens is 299 g/mol. The summed E-state index contributed by atoms with van der Waals surface area (Å²) < 4.78 is 26.1. The third kappa shape index (κ3) is 4.16. The zero-order valence-electron chi connectivity index (χ0n) is 12.9. The third-order valence-corrected chi connectivity index (χ3v) is 3.95. The average Bonchev–Trinajstić information content (AvgIpc) is 3.04. The minimum Gasteiger partial charge on any atom is -0.380 e. The summed E-state index contributed by atoms with van der Waals surface area (Å²) in [5.41, 5.74) is 0.607. The maximum atomic E-state index is 13.0. The van der Waals surface area contributed by atoms with E-state index in [1.54, 1.807) is 24.5 Å². The van der Waals surface area contributed by atoms with E-state index in [1.165, 1.54) is 12.1 Å². The molecule has 2 heterocycles. The molecule has 0 bridgehead atoms. The predicted molar refractivity (Wildman–Crippen MR) is 82.2 cm³/mol. The van der Waals surface area contributed by atoms with Crippen LogP contribution in [0.1, 0.15) is 36.8 Å². The Balaban J connectivity index is 1.59. The van der Waals surface area contributed by atoms with Gasteiger partial charge < -0.3 is 19.1 Å². The van der Waals surface area contributed by atoms with Crippen molar-refractivity contribution in [1.82, 2.24) is 9.55 Å². The molecule has 2 atom stereocenters. The summed E-state index contributed by atoms with van der Waals surface area (Å²) >= 11 is 0. The van der Waals surface area contributed by atoms with E-state index >= 15 is 0 Å². The normalized spacial score (nSPS) is 19.7. The number of hydrogen-bond donors (Lipinski definition) is 1. The van der Waals surface area contributed by atoms with E-state index in [9.17, 15) is 9.50 Å². The standard InChI is InChI=1S/C17H21FN2O3/c18-14-6-4-13(5-7-14)16(21)17-19-8-9-20(17)10-12-23-15-3-1-2-11-22-15/h4-9,15-16,21H,1-3,10-12H2/t15-,16-/m0/s1. The molecule has 0 saturated carbocycles. The number of ether oxygens (including phenoxy) is 2. The van der Waals surface area contributed by atoms with Gasteiger partial charge in [-0.05, 0) is 37.0 Å². The van der Waals surface area contributed by atoms with Crippen LogP contribution in [0.2, 0.25) is 0 Å². The lowest BCUT2D eigenvalue weighted by Gasteiger charge is -2.23. The van der Waals surface area contributed by atoms with Crippen molar-refractivity contribution in [2.45, 2.75) is 38.2 Å². The molecule has 1 aromatic carbocycles. The summed E-state index contributed by atoms with van der Waals surface area (Å²) in [6.45, 7) is 1.82. The van der Waals surface area contributed by atoms with E-state index in [0.29, 0.717) is 24.5 Å². The molecule has 5 nitrogen and oxygen atoms in total. The minimum absolute atomic E-state index is 0.127. The maximum absolute atomic E-state index is 13.0. The van der Waals surface area contributed by atoms with Gasteiger partial charge in [-0.1, -0.05) is 12.1 Å². The van der Waals surface area contributed by atoms with E-state index in [0.717, 1.165) is 25.9 Å². The molecule has 2 aromatic rings. The largest absolute Gasteiger partial charge is 0.380 e. The monoisotopic (exact) mass is 320 g/mol. The molecule has 0 aliphatic carbocycles. The van der Waals surface area contributed by atoms with Crippen LogP contribution in [0.5, 0.6) is 0 Å². The highest BCUT2D eigenvalue weighted by Crippen LogP contribution is 2.21. The molecule has 1 aliphatic rings. The lowest BCUT2D eigenvalue weighted by atomic mass is 10.1. The summed E-state index contributed by atoms with van der Waals surface area (Å²) in [5, 5.41) is 10.4. The summed E-state index contributed by atoms with van der Waals surface area (Å²) in [4.78, 5) is 4.21. The molecule has 1 N–H and O–H groups in total. The molecular formula is C17H21FN2O3. The number of aliphatic hydroxyl groups is 1. The number of aliphatic hydroxyl groups excluding tert-OH is 1. The number of imidazole rings is 1. The lowest BCUT2D eigenvalue weighted by molar-refractivity contribution is -0.163. The predicted octanol–water partition coefficient (Wildman–Crippen LogP) is 2.65. The van der Waals surface area contributed by atoms with Crippen LogP contribution < -0.4 is 0 Å². The number of benzene rings is 1. The molecule has 0 unspecified atom stereocenters. The van der Waals surface area contributed by atoms with E-state index < -0.39 is 6.10 Å². The molecule has 0 spiro atoms. The zero-order valence-corrected chi connectivity index (χ0v) is 12.9. The summed E-state index contributed by atoms with van der Waals surface area (Å²) in [6, 6.07) is 5.78. The fourth-order valence-electron chi connectivity index (χ4n) is 2.68. The number of hydrogen-bond acceptors (Lipinski definition) is 4. The molecule has 1 aliphatic heterocycles. The van der Waals surface area contributed by atoms with Gasteiger partial charge in [0.25, 0.3) is 0 Å². The molecule has 6 heteroatoms. The second-order valence-corrected chi connectivity index (χ2v) is 5.60.